The topological polar surface area (TPSA) is 39.8 Å². The smallest absolute Gasteiger partial charge is 0.192 e. The van der Waals surface area contributed by atoms with E-state index in [1.165, 1.54) is 11.9 Å². The molecule has 0 amide bonds. The van der Waals surface area contributed by atoms with Gasteiger partial charge in [-0.1, -0.05) is 0 Å². The van der Waals surface area contributed by atoms with E-state index in [0.29, 0.717) is 0 Å². The summed E-state index contributed by atoms with van der Waals surface area (Å²) in [6, 6.07) is 4.17. The van der Waals surface area contributed by atoms with Gasteiger partial charge >= 0.3 is 0 Å². The average molecular weight is 285 g/mol. The summed E-state index contributed by atoms with van der Waals surface area (Å²) in [4.78, 5) is 14.4. The first kappa shape index (κ1) is 15.0. The molecule has 1 aliphatic heterocycles. The summed E-state index contributed by atoms with van der Waals surface area (Å²) in [7, 11) is 4.09. The van der Waals surface area contributed by atoms with Gasteiger partial charge in [-0.25, -0.2) is 4.57 Å². The molecule has 2 heterocycles. The highest BCUT2D eigenvalue weighted by molar-refractivity contribution is 5.39. The molecule has 0 saturated heterocycles. The van der Waals surface area contributed by atoms with Crippen LogP contribution >= 0.6 is 0 Å². The van der Waals surface area contributed by atoms with Crippen molar-refractivity contribution in [2.24, 2.45) is 5.18 Å². The molecule has 2 rings (SSSR count). The van der Waals surface area contributed by atoms with Crippen molar-refractivity contribution >= 4 is 5.69 Å². The third kappa shape index (κ3) is 4.56. The van der Waals surface area contributed by atoms with Gasteiger partial charge in [-0.3, -0.25) is 0 Å². The Kier molecular flexibility index (Phi) is 5.26. The van der Waals surface area contributed by atoms with Crippen molar-refractivity contribution < 1.29 is 4.57 Å². The standard InChI is InChI=1S/C16H21N4O/c1-18(2)16-5-3-8-20(14-16)10-4-9-19-11-6-15(7-12-19)13-17-21/h3,5-8,11-14H,4,9-10H2,1-2H3/q+1. The first-order valence-corrected chi connectivity index (χ1v) is 7.00. The Morgan fingerprint density at radius 3 is 2.76 bits per heavy atom. The van der Waals surface area contributed by atoms with E-state index in [2.05, 4.69) is 44.1 Å². The lowest BCUT2D eigenvalue weighted by molar-refractivity contribution is -0.696. The van der Waals surface area contributed by atoms with E-state index >= 15 is 0 Å². The van der Waals surface area contributed by atoms with Crippen molar-refractivity contribution in [3.05, 3.63) is 65.8 Å². The quantitative estimate of drug-likeness (QED) is 0.595. The molecule has 21 heavy (non-hydrogen) atoms. The number of rotatable bonds is 6. The van der Waals surface area contributed by atoms with Gasteiger partial charge in [0.05, 0.1) is 6.20 Å². The van der Waals surface area contributed by atoms with Crippen LogP contribution in [0.15, 0.2) is 66.0 Å². The van der Waals surface area contributed by atoms with Crippen LogP contribution in [0.2, 0.25) is 0 Å². The highest BCUT2D eigenvalue weighted by Crippen LogP contribution is 2.10. The highest BCUT2D eigenvalue weighted by atomic mass is 16.2. The van der Waals surface area contributed by atoms with Gasteiger partial charge in [-0.05, 0) is 29.0 Å². The number of allylic oxidation sites excluding steroid dienone is 3. The molecule has 1 aromatic heterocycles. The van der Waals surface area contributed by atoms with Gasteiger partial charge in [0, 0.05) is 45.5 Å². The van der Waals surface area contributed by atoms with Gasteiger partial charge in [-0.2, -0.15) is 0 Å². The molecule has 5 nitrogen and oxygen atoms in total. The number of anilines is 1. The molecule has 0 aliphatic carbocycles. The van der Waals surface area contributed by atoms with Crippen LogP contribution in [0.5, 0.6) is 0 Å². The van der Waals surface area contributed by atoms with E-state index in [4.69, 9.17) is 0 Å². The van der Waals surface area contributed by atoms with Gasteiger partial charge in [-0.15, -0.1) is 4.91 Å². The van der Waals surface area contributed by atoms with Gasteiger partial charge in [0.2, 0.25) is 0 Å². The van der Waals surface area contributed by atoms with Crippen molar-refractivity contribution in [1.29, 1.82) is 0 Å². The normalized spacial score (nSPS) is 13.4. The summed E-state index contributed by atoms with van der Waals surface area (Å²) in [5, 5.41) is 2.77. The zero-order valence-electron chi connectivity index (χ0n) is 12.5. The second kappa shape index (κ2) is 7.38. The fraction of sp³-hybridized carbons (Fsp3) is 0.312. The monoisotopic (exact) mass is 285 g/mol. The summed E-state index contributed by atoms with van der Waals surface area (Å²) in [5.41, 5.74) is 2.03. The molecule has 0 aromatic carbocycles. The van der Waals surface area contributed by atoms with Crippen LogP contribution in [-0.4, -0.2) is 25.5 Å². The molecule has 0 unspecified atom stereocenters. The molecule has 0 spiro atoms. The lowest BCUT2D eigenvalue weighted by Crippen LogP contribution is -2.35. The van der Waals surface area contributed by atoms with Crippen LogP contribution in [0.1, 0.15) is 6.42 Å². The number of hydrogen-bond acceptors (Lipinski definition) is 4. The predicted octanol–water partition coefficient (Wildman–Crippen LogP) is 2.42. The molecular weight excluding hydrogens is 264 g/mol. The van der Waals surface area contributed by atoms with Crippen molar-refractivity contribution in [2.75, 3.05) is 25.5 Å². The number of aryl methyl sites for hydroxylation is 1. The SMILES string of the molecule is CN(C)c1ccc[n+](CCCN2C=CC(=CN=O)C=C2)c1. The summed E-state index contributed by atoms with van der Waals surface area (Å²) >= 11 is 0. The Hall–Kier alpha value is -2.43. The van der Waals surface area contributed by atoms with E-state index in [9.17, 15) is 4.91 Å². The van der Waals surface area contributed by atoms with Gasteiger partial charge in [0.1, 0.15) is 12.2 Å². The first-order chi connectivity index (χ1) is 10.2. The van der Waals surface area contributed by atoms with Crippen molar-refractivity contribution in [3.8, 4) is 0 Å². The molecule has 0 fully saturated rings. The van der Waals surface area contributed by atoms with Crippen LogP contribution in [0.4, 0.5) is 5.69 Å². The Balaban J connectivity index is 1.82. The molecule has 0 bridgehead atoms. The fourth-order valence-corrected chi connectivity index (χ4v) is 2.11. The average Bonchev–Trinajstić information content (AvgIpc) is 2.50. The van der Waals surface area contributed by atoms with E-state index in [0.717, 1.165) is 25.1 Å². The number of hydrogen-bond donors (Lipinski definition) is 0. The van der Waals surface area contributed by atoms with Gasteiger partial charge in [0.25, 0.3) is 0 Å². The van der Waals surface area contributed by atoms with Crippen LogP contribution in [-0.2, 0) is 6.54 Å². The minimum Gasteiger partial charge on any atom is -0.373 e. The molecule has 5 heteroatoms. The summed E-state index contributed by atoms with van der Waals surface area (Å²) < 4.78 is 2.20. The fourth-order valence-electron chi connectivity index (χ4n) is 2.11. The van der Waals surface area contributed by atoms with Gasteiger partial charge in [0.15, 0.2) is 12.4 Å². The van der Waals surface area contributed by atoms with E-state index in [1.54, 1.807) is 0 Å². The minimum absolute atomic E-state index is 0.828. The molecule has 0 atom stereocenters. The van der Waals surface area contributed by atoms with Gasteiger partial charge < -0.3 is 9.80 Å². The molecule has 0 N–H and O–H groups in total. The third-order valence-electron chi connectivity index (χ3n) is 3.31. The predicted molar refractivity (Wildman–Crippen MR) is 84.4 cm³/mol. The number of aromatic nitrogens is 1. The van der Waals surface area contributed by atoms with E-state index in [-0.39, 0.29) is 0 Å². The molecule has 1 aromatic rings. The van der Waals surface area contributed by atoms with Crippen LogP contribution in [0.3, 0.4) is 0 Å². The number of nitroso groups, excluding NO2 is 1. The molecule has 0 saturated carbocycles. The lowest BCUT2D eigenvalue weighted by atomic mass is 10.2. The van der Waals surface area contributed by atoms with Crippen LogP contribution < -0.4 is 9.47 Å². The molecule has 110 valence electrons. The number of pyridine rings is 1. The van der Waals surface area contributed by atoms with Crippen LogP contribution in [0.25, 0.3) is 0 Å². The Bertz CT molecular complexity index is 559. The Morgan fingerprint density at radius 1 is 1.33 bits per heavy atom. The maximum Gasteiger partial charge on any atom is 0.192 e. The largest absolute Gasteiger partial charge is 0.373 e. The summed E-state index contributed by atoms with van der Waals surface area (Å²) in [5.74, 6) is 0. The zero-order valence-corrected chi connectivity index (χ0v) is 12.5. The van der Waals surface area contributed by atoms with Crippen molar-refractivity contribution in [2.45, 2.75) is 13.0 Å². The second-order valence-electron chi connectivity index (χ2n) is 5.15. The Labute approximate surface area is 125 Å². The molecule has 0 radical (unpaired) electrons. The first-order valence-electron chi connectivity index (χ1n) is 7.00. The van der Waals surface area contributed by atoms with Crippen LogP contribution in [0, 0.1) is 4.91 Å². The highest BCUT2D eigenvalue weighted by Gasteiger charge is 2.06. The maximum absolute atomic E-state index is 10.1. The number of nitrogens with zero attached hydrogens (tertiary/aromatic N) is 4. The van der Waals surface area contributed by atoms with E-state index in [1.807, 2.05) is 38.6 Å². The lowest BCUT2D eigenvalue weighted by Gasteiger charge is -2.17. The van der Waals surface area contributed by atoms with Crippen molar-refractivity contribution in [1.82, 2.24) is 4.90 Å². The second-order valence-corrected chi connectivity index (χ2v) is 5.15. The zero-order chi connectivity index (χ0) is 15.1. The third-order valence-corrected chi connectivity index (χ3v) is 3.31. The summed E-state index contributed by atoms with van der Waals surface area (Å²) in [6.07, 6.45) is 14.3. The maximum atomic E-state index is 10.1. The summed E-state index contributed by atoms with van der Waals surface area (Å²) in [6.45, 7) is 1.91. The van der Waals surface area contributed by atoms with E-state index < -0.39 is 0 Å². The van der Waals surface area contributed by atoms with Crippen molar-refractivity contribution in [3.63, 3.8) is 0 Å². The molecule has 1 aliphatic rings. The Morgan fingerprint density at radius 2 is 2.10 bits per heavy atom. The minimum atomic E-state index is 0.828. The molecular formula is C16H21N4O+.